The summed E-state index contributed by atoms with van der Waals surface area (Å²) in [5.41, 5.74) is 9.96. The number of carbonyl (C=O) groups is 4. The Balaban J connectivity index is 1.31. The van der Waals surface area contributed by atoms with Gasteiger partial charge in [-0.3, -0.25) is 34.4 Å². The molecule has 0 saturated heterocycles. The van der Waals surface area contributed by atoms with Crippen LogP contribution >= 0.6 is 0 Å². The number of primary amides is 1. The third-order valence-electron chi connectivity index (χ3n) is 8.78. The summed E-state index contributed by atoms with van der Waals surface area (Å²) < 4.78 is 12.5. The number of nitrogens with one attached hydrogen (secondary N) is 2. The third-order valence-corrected chi connectivity index (χ3v) is 8.78. The van der Waals surface area contributed by atoms with E-state index in [0.717, 1.165) is 0 Å². The lowest BCUT2D eigenvalue weighted by atomic mass is 10.2. The Labute approximate surface area is 303 Å². The Bertz CT molecular complexity index is 2400. The number of carboxylic acids is 1. The highest BCUT2D eigenvalue weighted by Gasteiger charge is 2.23. The van der Waals surface area contributed by atoms with E-state index in [9.17, 15) is 24.3 Å². The number of aryl methyl sites for hydroxylation is 5. The first kappa shape index (κ1) is 36.3. The molecule has 0 fully saturated rings. The lowest BCUT2D eigenvalue weighted by molar-refractivity contribution is 0.0696. The molecule has 0 aliphatic heterocycles. The molecular weight excluding hydrogens is 682 g/mol. The SMILES string of the molecule is CCn1nc(C)cc1C(=O)Nc1nc2cc(C(N)=O)ccc2n1CCCCn1c(NC(=O)c2cc(C)nn2C(C)C)nc2cc(C(=O)O)cc(OC)c21. The molecule has 0 aliphatic carbocycles. The normalized spacial score (nSPS) is 11.5. The second-order valence-electron chi connectivity index (χ2n) is 12.9. The highest BCUT2D eigenvalue weighted by atomic mass is 16.5. The summed E-state index contributed by atoms with van der Waals surface area (Å²) in [6.07, 6.45) is 1.12. The van der Waals surface area contributed by atoms with Gasteiger partial charge in [-0.1, -0.05) is 0 Å². The van der Waals surface area contributed by atoms with Gasteiger partial charge in [0.25, 0.3) is 11.8 Å². The van der Waals surface area contributed by atoms with Crippen molar-refractivity contribution in [2.24, 2.45) is 5.73 Å². The number of methoxy groups -OCH3 is 1. The largest absolute Gasteiger partial charge is 0.494 e. The fourth-order valence-corrected chi connectivity index (χ4v) is 6.35. The Kier molecular flexibility index (Phi) is 10.00. The highest BCUT2D eigenvalue weighted by molar-refractivity contribution is 6.05. The number of imidazole rings is 2. The summed E-state index contributed by atoms with van der Waals surface area (Å²) in [6.45, 7) is 10.6. The first-order valence-electron chi connectivity index (χ1n) is 17.1. The highest BCUT2D eigenvalue weighted by Crippen LogP contribution is 2.32. The summed E-state index contributed by atoms with van der Waals surface area (Å²) in [5, 5.41) is 24.4. The van der Waals surface area contributed by atoms with E-state index in [1.807, 2.05) is 32.3 Å². The molecule has 6 rings (SSSR count). The van der Waals surface area contributed by atoms with Crippen LogP contribution in [-0.2, 0) is 19.6 Å². The molecule has 17 heteroatoms. The van der Waals surface area contributed by atoms with Gasteiger partial charge in [0.2, 0.25) is 17.8 Å². The van der Waals surface area contributed by atoms with E-state index in [4.69, 9.17) is 10.5 Å². The maximum absolute atomic E-state index is 13.6. The van der Waals surface area contributed by atoms with E-state index in [2.05, 4.69) is 30.8 Å². The molecule has 0 atom stereocenters. The number of aromatic carboxylic acids is 1. The number of amides is 3. The predicted molar refractivity (Wildman–Crippen MR) is 197 cm³/mol. The minimum Gasteiger partial charge on any atom is -0.494 e. The van der Waals surface area contributed by atoms with Gasteiger partial charge >= 0.3 is 5.97 Å². The van der Waals surface area contributed by atoms with Crippen molar-refractivity contribution < 1.29 is 29.0 Å². The Hall–Kier alpha value is -6.52. The van der Waals surface area contributed by atoms with E-state index in [1.165, 1.54) is 19.2 Å². The molecule has 0 radical (unpaired) electrons. The maximum atomic E-state index is 13.6. The smallest absolute Gasteiger partial charge is 0.335 e. The molecule has 4 heterocycles. The van der Waals surface area contributed by atoms with Crippen LogP contribution in [0.4, 0.5) is 11.9 Å². The van der Waals surface area contributed by atoms with Crippen molar-refractivity contribution in [2.45, 2.75) is 73.1 Å². The lowest BCUT2D eigenvalue weighted by Gasteiger charge is -2.14. The fraction of sp³-hybridized carbons (Fsp3) is 0.333. The molecule has 276 valence electrons. The van der Waals surface area contributed by atoms with Crippen molar-refractivity contribution in [3.8, 4) is 5.75 Å². The number of anilines is 2. The summed E-state index contributed by atoms with van der Waals surface area (Å²) in [4.78, 5) is 60.2. The number of hydrogen-bond donors (Lipinski definition) is 4. The molecule has 6 aromatic rings. The number of nitrogens with zero attached hydrogens (tertiary/aromatic N) is 8. The van der Waals surface area contributed by atoms with Gasteiger partial charge in [-0.2, -0.15) is 10.2 Å². The predicted octanol–water partition coefficient (Wildman–Crippen LogP) is 4.79. The summed E-state index contributed by atoms with van der Waals surface area (Å²) in [7, 11) is 1.44. The molecule has 2 aromatic carbocycles. The monoisotopic (exact) mass is 723 g/mol. The summed E-state index contributed by atoms with van der Waals surface area (Å²) in [5.74, 6) is -1.76. The molecule has 0 spiro atoms. The third kappa shape index (κ3) is 7.17. The molecule has 53 heavy (non-hydrogen) atoms. The molecule has 4 aromatic heterocycles. The van der Waals surface area contributed by atoms with Gasteiger partial charge in [-0.05, 0) is 89.9 Å². The van der Waals surface area contributed by atoms with Crippen molar-refractivity contribution >= 4 is 57.7 Å². The second-order valence-corrected chi connectivity index (χ2v) is 12.9. The van der Waals surface area contributed by atoms with E-state index in [-0.39, 0.29) is 40.7 Å². The van der Waals surface area contributed by atoms with Gasteiger partial charge in [0, 0.05) is 31.2 Å². The Morgan fingerprint density at radius 2 is 1.43 bits per heavy atom. The van der Waals surface area contributed by atoms with Crippen LogP contribution in [0.1, 0.15) is 92.7 Å². The van der Waals surface area contributed by atoms with Crippen LogP contribution in [0.3, 0.4) is 0 Å². The zero-order chi connectivity index (χ0) is 38.1. The topological polar surface area (TPSA) is 219 Å². The second kappa shape index (κ2) is 14.6. The van der Waals surface area contributed by atoms with Crippen LogP contribution in [0.25, 0.3) is 22.1 Å². The van der Waals surface area contributed by atoms with Crippen molar-refractivity contribution in [1.82, 2.24) is 38.7 Å². The van der Waals surface area contributed by atoms with Crippen molar-refractivity contribution in [1.29, 1.82) is 0 Å². The molecule has 0 unspecified atom stereocenters. The minimum absolute atomic E-state index is 0.0106. The van der Waals surface area contributed by atoms with Gasteiger partial charge in [0.15, 0.2) is 0 Å². The van der Waals surface area contributed by atoms with Gasteiger partial charge in [-0.25, -0.2) is 14.8 Å². The molecule has 0 bridgehead atoms. The van der Waals surface area contributed by atoms with Gasteiger partial charge in [0.05, 0.1) is 40.6 Å². The number of carboxylic acid groups (broad SMARTS) is 1. The van der Waals surface area contributed by atoms with Crippen molar-refractivity contribution in [3.63, 3.8) is 0 Å². The van der Waals surface area contributed by atoms with Crippen molar-refractivity contribution in [2.75, 3.05) is 17.7 Å². The van der Waals surface area contributed by atoms with Crippen molar-refractivity contribution in [3.05, 3.63) is 76.4 Å². The fourth-order valence-electron chi connectivity index (χ4n) is 6.35. The quantitative estimate of drug-likeness (QED) is 0.113. The molecule has 0 aliphatic rings. The molecular formula is C36H41N11O6. The molecule has 3 amide bonds. The summed E-state index contributed by atoms with van der Waals surface area (Å²) >= 11 is 0. The molecule has 0 saturated carbocycles. The zero-order valence-corrected chi connectivity index (χ0v) is 30.3. The first-order chi connectivity index (χ1) is 25.3. The van der Waals surface area contributed by atoms with Crippen LogP contribution < -0.4 is 21.1 Å². The van der Waals surface area contributed by atoms with Gasteiger partial charge in [-0.15, -0.1) is 0 Å². The number of fused-ring (bicyclic) bond motifs is 2. The van der Waals surface area contributed by atoms with Crippen LogP contribution in [0, 0.1) is 13.8 Å². The van der Waals surface area contributed by atoms with E-state index in [1.54, 1.807) is 51.2 Å². The molecule has 17 nitrogen and oxygen atoms in total. The van der Waals surface area contributed by atoms with Crippen LogP contribution in [0.5, 0.6) is 5.75 Å². The van der Waals surface area contributed by atoms with Crippen LogP contribution in [-0.4, -0.2) is 74.6 Å². The lowest BCUT2D eigenvalue weighted by Crippen LogP contribution is -2.21. The summed E-state index contributed by atoms with van der Waals surface area (Å²) in [6, 6.07) is 11.1. The average Bonchev–Trinajstić information content (AvgIpc) is 3.88. The first-order valence-corrected chi connectivity index (χ1v) is 17.1. The van der Waals surface area contributed by atoms with Crippen LogP contribution in [0.2, 0.25) is 0 Å². The van der Waals surface area contributed by atoms with E-state index >= 15 is 0 Å². The van der Waals surface area contributed by atoms with E-state index < -0.39 is 17.8 Å². The Morgan fingerprint density at radius 3 is 2.08 bits per heavy atom. The number of carbonyl (C=O) groups excluding carboxylic acids is 3. The molecule has 5 N–H and O–H groups in total. The minimum atomic E-state index is -1.14. The number of unbranched alkanes of at least 4 members (excludes halogenated alkanes) is 1. The van der Waals surface area contributed by atoms with Crippen LogP contribution in [0.15, 0.2) is 42.5 Å². The number of aromatic nitrogens is 8. The maximum Gasteiger partial charge on any atom is 0.335 e. The standard InChI is InChI=1S/C36H41N11O6/c1-7-46-27(14-20(4)42-46)32(49)40-35-38-24-16-22(31(37)48)10-11-26(24)44(35)12-8-9-13-45-30-25(17-23(34(51)52)18-29(30)53-6)39-36(45)41-33(50)28-15-21(5)43-47(28)19(2)3/h10-11,14-19H,7-9,12-13H2,1-6H3,(H2,37,48)(H,51,52)(H,38,40,49)(H,39,41,50). The number of benzene rings is 2. The average molecular weight is 724 g/mol. The number of hydrogen-bond acceptors (Lipinski definition) is 9. The zero-order valence-electron chi connectivity index (χ0n) is 30.3. The number of nitrogens with two attached hydrogens (primary N) is 1. The van der Waals surface area contributed by atoms with Gasteiger partial charge in [0.1, 0.15) is 22.7 Å². The Morgan fingerprint density at radius 1 is 0.830 bits per heavy atom. The van der Waals surface area contributed by atoms with Gasteiger partial charge < -0.3 is 24.7 Å². The number of ether oxygens (including phenoxy) is 1. The van der Waals surface area contributed by atoms with E-state index in [0.29, 0.717) is 77.3 Å². The number of rotatable bonds is 14.